The largest absolute Gasteiger partial charge is 0.508 e. The number of aromatic carboxylic acids is 1. The molecule has 0 aliphatic rings. The molecule has 3 heteroatoms. The number of aromatic hydroxyl groups is 1. The topological polar surface area (TPSA) is 57.5 Å². The fraction of sp³-hybridized carbons (Fsp3) is 0.588. The van der Waals surface area contributed by atoms with Crippen LogP contribution in [0.3, 0.4) is 0 Å². The summed E-state index contributed by atoms with van der Waals surface area (Å²) in [5, 5.41) is 19.4. The van der Waals surface area contributed by atoms with Crippen molar-refractivity contribution < 1.29 is 15.0 Å². The molecule has 0 unspecified atom stereocenters. The Hall–Kier alpha value is -1.51. The van der Waals surface area contributed by atoms with E-state index in [4.69, 9.17) is 0 Å². The summed E-state index contributed by atoms with van der Waals surface area (Å²) in [6.07, 6.45) is 3.32. The maximum Gasteiger partial charge on any atom is 0.335 e. The number of rotatable bonds is 7. The Morgan fingerprint density at radius 2 is 1.50 bits per heavy atom. The highest BCUT2D eigenvalue weighted by Gasteiger charge is 2.17. The van der Waals surface area contributed by atoms with Gasteiger partial charge in [-0.25, -0.2) is 4.79 Å². The van der Waals surface area contributed by atoms with E-state index >= 15 is 0 Å². The lowest BCUT2D eigenvalue weighted by molar-refractivity contribution is 0.0695. The van der Waals surface area contributed by atoms with E-state index in [1.807, 2.05) is 0 Å². The summed E-state index contributed by atoms with van der Waals surface area (Å²) in [7, 11) is 0. The number of hydrogen-bond acceptors (Lipinski definition) is 2. The number of benzene rings is 1. The molecule has 0 fully saturated rings. The minimum absolute atomic E-state index is 0.231. The van der Waals surface area contributed by atoms with Gasteiger partial charge in [-0.2, -0.15) is 0 Å². The first-order valence-electron chi connectivity index (χ1n) is 7.40. The van der Waals surface area contributed by atoms with E-state index in [0.717, 1.165) is 30.4 Å². The normalized spacial score (nSPS) is 11.3. The third kappa shape index (κ3) is 4.55. The van der Waals surface area contributed by atoms with Gasteiger partial charge in [-0.15, -0.1) is 0 Å². The maximum absolute atomic E-state index is 11.4. The fourth-order valence-corrected chi connectivity index (χ4v) is 2.31. The summed E-state index contributed by atoms with van der Waals surface area (Å²) >= 11 is 0. The Morgan fingerprint density at radius 3 is 1.95 bits per heavy atom. The third-order valence-electron chi connectivity index (χ3n) is 3.58. The fourth-order valence-electron chi connectivity index (χ4n) is 2.31. The van der Waals surface area contributed by atoms with Crippen LogP contribution < -0.4 is 0 Å². The smallest absolute Gasteiger partial charge is 0.335 e. The molecule has 0 saturated heterocycles. The van der Waals surface area contributed by atoms with Gasteiger partial charge in [-0.1, -0.05) is 27.7 Å². The molecule has 0 aromatic heterocycles. The van der Waals surface area contributed by atoms with Crippen LogP contribution in [0.15, 0.2) is 12.1 Å². The van der Waals surface area contributed by atoms with E-state index in [9.17, 15) is 15.0 Å². The lowest BCUT2D eigenvalue weighted by Gasteiger charge is -2.16. The molecule has 0 heterocycles. The minimum Gasteiger partial charge on any atom is -0.508 e. The highest BCUT2D eigenvalue weighted by molar-refractivity contribution is 5.90. The number of hydrogen-bond donors (Lipinski definition) is 2. The lowest BCUT2D eigenvalue weighted by Crippen LogP contribution is -2.08. The van der Waals surface area contributed by atoms with E-state index in [0.29, 0.717) is 23.8 Å². The average Bonchev–Trinajstić information content (AvgIpc) is 2.34. The highest BCUT2D eigenvalue weighted by atomic mass is 16.4. The van der Waals surface area contributed by atoms with Crippen LogP contribution in [0.4, 0.5) is 0 Å². The Balaban J connectivity index is 3.15. The van der Waals surface area contributed by atoms with Crippen LogP contribution in [-0.4, -0.2) is 16.2 Å². The number of carboxylic acid groups (broad SMARTS) is 1. The number of phenols is 1. The minimum atomic E-state index is -0.908. The number of phenolic OH excluding ortho intramolecular Hbond substituents is 1. The molecule has 0 saturated carbocycles. The Bertz CT molecular complexity index is 462. The van der Waals surface area contributed by atoms with Gasteiger partial charge in [-0.3, -0.25) is 0 Å². The molecule has 0 radical (unpaired) electrons. The quantitative estimate of drug-likeness (QED) is 0.783. The first-order chi connectivity index (χ1) is 9.32. The van der Waals surface area contributed by atoms with Gasteiger partial charge in [0.15, 0.2) is 0 Å². The summed E-state index contributed by atoms with van der Waals surface area (Å²) in [5.41, 5.74) is 1.97. The van der Waals surface area contributed by atoms with Crippen molar-refractivity contribution in [3.05, 3.63) is 28.8 Å². The molecular formula is C17H26O3. The lowest BCUT2D eigenvalue weighted by atomic mass is 9.90. The molecule has 112 valence electrons. The van der Waals surface area contributed by atoms with Gasteiger partial charge in [0.1, 0.15) is 5.75 Å². The molecule has 2 N–H and O–H groups in total. The van der Waals surface area contributed by atoms with Crippen molar-refractivity contribution in [3.63, 3.8) is 0 Å². The van der Waals surface area contributed by atoms with Crippen LogP contribution in [0.1, 0.15) is 62.0 Å². The van der Waals surface area contributed by atoms with Gasteiger partial charge < -0.3 is 10.2 Å². The number of carboxylic acids is 1. The zero-order valence-corrected chi connectivity index (χ0v) is 12.9. The first kappa shape index (κ1) is 16.5. The molecule has 0 aliphatic heterocycles. The van der Waals surface area contributed by atoms with Crippen molar-refractivity contribution in [1.29, 1.82) is 0 Å². The molecule has 0 atom stereocenters. The summed E-state index contributed by atoms with van der Waals surface area (Å²) in [5.74, 6) is 0.363. The van der Waals surface area contributed by atoms with Crippen LogP contribution in [0.2, 0.25) is 0 Å². The molecule has 1 aromatic rings. The second kappa shape index (κ2) is 7.32. The average molecular weight is 278 g/mol. The zero-order chi connectivity index (χ0) is 15.3. The predicted molar refractivity (Wildman–Crippen MR) is 81.4 cm³/mol. The molecule has 0 spiro atoms. The van der Waals surface area contributed by atoms with Crippen LogP contribution in [0, 0.1) is 11.8 Å². The van der Waals surface area contributed by atoms with E-state index < -0.39 is 5.97 Å². The van der Waals surface area contributed by atoms with Gasteiger partial charge >= 0.3 is 5.97 Å². The van der Waals surface area contributed by atoms with Crippen molar-refractivity contribution in [2.45, 2.75) is 53.4 Å². The van der Waals surface area contributed by atoms with E-state index in [1.54, 1.807) is 0 Å². The van der Waals surface area contributed by atoms with Gasteiger partial charge in [0, 0.05) is 0 Å². The van der Waals surface area contributed by atoms with Gasteiger partial charge in [-0.05, 0) is 60.8 Å². The Kier molecular flexibility index (Phi) is 6.05. The van der Waals surface area contributed by atoms with Crippen molar-refractivity contribution in [1.82, 2.24) is 0 Å². The van der Waals surface area contributed by atoms with E-state index in [1.165, 1.54) is 12.1 Å². The Labute approximate surface area is 121 Å². The van der Waals surface area contributed by atoms with E-state index in [2.05, 4.69) is 27.7 Å². The standard InChI is InChI=1S/C17H26O3/c1-11(2)5-7-13-14(8-6-12(3)4)16(18)10-9-15(13)17(19)20/h9-12,18H,5-8H2,1-4H3,(H,19,20). The van der Waals surface area contributed by atoms with Crippen molar-refractivity contribution in [2.24, 2.45) is 11.8 Å². The predicted octanol–water partition coefficient (Wildman–Crippen LogP) is 4.27. The molecule has 0 aliphatic carbocycles. The van der Waals surface area contributed by atoms with Gasteiger partial charge in [0.2, 0.25) is 0 Å². The SMILES string of the molecule is CC(C)CCc1c(O)ccc(C(=O)O)c1CCC(C)C. The molecular weight excluding hydrogens is 252 g/mol. The molecule has 1 aromatic carbocycles. The van der Waals surface area contributed by atoms with Crippen LogP contribution in [-0.2, 0) is 12.8 Å². The highest BCUT2D eigenvalue weighted by Crippen LogP contribution is 2.29. The summed E-state index contributed by atoms with van der Waals surface area (Å²) in [4.78, 5) is 11.4. The summed E-state index contributed by atoms with van der Waals surface area (Å²) in [6, 6.07) is 3.03. The van der Waals surface area contributed by atoms with E-state index in [-0.39, 0.29) is 5.75 Å². The van der Waals surface area contributed by atoms with Crippen LogP contribution >= 0.6 is 0 Å². The van der Waals surface area contributed by atoms with Crippen molar-refractivity contribution in [2.75, 3.05) is 0 Å². The van der Waals surface area contributed by atoms with Crippen molar-refractivity contribution in [3.8, 4) is 5.75 Å². The second-order valence-corrected chi connectivity index (χ2v) is 6.26. The monoisotopic (exact) mass is 278 g/mol. The van der Waals surface area contributed by atoms with Crippen molar-refractivity contribution >= 4 is 5.97 Å². The summed E-state index contributed by atoms with van der Waals surface area (Å²) < 4.78 is 0. The van der Waals surface area contributed by atoms with Gasteiger partial charge in [0.05, 0.1) is 5.56 Å². The zero-order valence-electron chi connectivity index (χ0n) is 12.9. The Morgan fingerprint density at radius 1 is 1.00 bits per heavy atom. The summed E-state index contributed by atoms with van der Waals surface area (Å²) in [6.45, 7) is 8.51. The number of carbonyl (C=O) groups is 1. The maximum atomic E-state index is 11.4. The first-order valence-corrected chi connectivity index (χ1v) is 7.40. The molecule has 0 bridgehead atoms. The molecule has 20 heavy (non-hydrogen) atoms. The van der Waals surface area contributed by atoms with Crippen LogP contribution in [0.5, 0.6) is 5.75 Å². The third-order valence-corrected chi connectivity index (χ3v) is 3.58. The molecule has 0 amide bonds. The second-order valence-electron chi connectivity index (χ2n) is 6.26. The molecule has 3 nitrogen and oxygen atoms in total. The molecule has 1 rings (SSSR count). The van der Waals surface area contributed by atoms with Crippen LogP contribution in [0.25, 0.3) is 0 Å². The van der Waals surface area contributed by atoms with Gasteiger partial charge in [0.25, 0.3) is 0 Å².